The molecule has 452 valence electrons. The summed E-state index contributed by atoms with van der Waals surface area (Å²) in [6, 6.07) is 6.30. The maximum absolute atomic E-state index is 14.9. The standard InChI is InChI=1S/C60H92N12O10/c1-35(2)31-43-53(75)67-45(33-39-19-11-9-12-20-39)59(81)71-29-17-25-47(71)55(77)70-50(38(7)8)58(80)64-42(24-16-28-62)52(74)66-44(32-36(3)4)54(76)68-46(34-40-21-13-10-14-22-40)60(82)72-30-18-26-48(72)56(78)69-49(37(5)6)57(79)63-41(23-15-27-61)51(73)65-43/h9-14,19-22,35-38,41-50H,15-18,23-34,61-62H2,1-8H3,(H,63,79)(H,64,80)(H,65,73)(H,66,74)(H,67,75)(H,68,76)(H,69,78)(H,70,77)/t41-,42-,43+,44+,45-,46-,47+,48+,49+,50+/m1/s1. The van der Waals surface area contributed by atoms with Gasteiger partial charge in [-0.05, 0) is 112 Å². The van der Waals surface area contributed by atoms with E-state index in [2.05, 4.69) is 42.5 Å². The van der Waals surface area contributed by atoms with Crippen LogP contribution in [0, 0.1) is 23.7 Å². The molecule has 3 saturated heterocycles. The Labute approximate surface area is 483 Å². The summed E-state index contributed by atoms with van der Waals surface area (Å²) in [7, 11) is 0. The van der Waals surface area contributed by atoms with Gasteiger partial charge in [-0.3, -0.25) is 47.9 Å². The van der Waals surface area contributed by atoms with Gasteiger partial charge in [0, 0.05) is 25.9 Å². The van der Waals surface area contributed by atoms with E-state index in [1.165, 1.54) is 9.80 Å². The summed E-state index contributed by atoms with van der Waals surface area (Å²) in [6.07, 6.45) is 2.45. The van der Waals surface area contributed by atoms with Crippen LogP contribution in [-0.2, 0) is 60.8 Å². The first-order valence-corrected chi connectivity index (χ1v) is 29.5. The van der Waals surface area contributed by atoms with Crippen molar-refractivity contribution in [2.75, 3.05) is 26.2 Å². The quantitative estimate of drug-likeness (QED) is 0.114. The zero-order valence-corrected chi connectivity index (χ0v) is 49.3. The zero-order chi connectivity index (χ0) is 60.2. The highest BCUT2D eigenvalue weighted by molar-refractivity contribution is 6.00. The first-order valence-electron chi connectivity index (χ1n) is 29.5. The van der Waals surface area contributed by atoms with E-state index in [0.717, 1.165) is 0 Å². The Bertz CT molecular complexity index is 2330. The van der Waals surface area contributed by atoms with Gasteiger partial charge in [0.05, 0.1) is 0 Å². The molecular weight excluding hydrogens is 1050 g/mol. The maximum atomic E-state index is 14.9. The Hall–Kier alpha value is -6.94. The fourth-order valence-corrected chi connectivity index (χ4v) is 10.9. The topological polar surface area (TPSA) is 325 Å². The minimum absolute atomic E-state index is 0.0279. The van der Waals surface area contributed by atoms with Gasteiger partial charge in [-0.15, -0.1) is 0 Å². The van der Waals surface area contributed by atoms with Crippen molar-refractivity contribution in [1.29, 1.82) is 0 Å². The molecule has 0 aliphatic carbocycles. The Morgan fingerprint density at radius 1 is 0.415 bits per heavy atom. The molecule has 0 bridgehead atoms. The minimum Gasteiger partial charge on any atom is -0.343 e. The number of hydrogen-bond donors (Lipinski definition) is 10. The average molecular weight is 1140 g/mol. The summed E-state index contributed by atoms with van der Waals surface area (Å²) in [5, 5.41) is 22.8. The first-order chi connectivity index (χ1) is 39.0. The number of carbonyl (C=O) groups excluding carboxylic acids is 10. The second-order valence-electron chi connectivity index (χ2n) is 23.7. The number of nitrogens with two attached hydrogens (primary N) is 2. The van der Waals surface area contributed by atoms with Gasteiger partial charge in [-0.2, -0.15) is 0 Å². The molecule has 22 heteroatoms. The molecule has 10 atom stereocenters. The molecule has 3 aliphatic heterocycles. The third-order valence-corrected chi connectivity index (χ3v) is 15.3. The summed E-state index contributed by atoms with van der Waals surface area (Å²) in [6.45, 7) is 15.0. The van der Waals surface area contributed by atoms with Crippen LogP contribution in [0.5, 0.6) is 0 Å². The Morgan fingerprint density at radius 3 is 1.05 bits per heavy atom. The molecule has 3 fully saturated rings. The lowest BCUT2D eigenvalue weighted by Crippen LogP contribution is -2.62. The normalized spacial score (nSPS) is 26.6. The fraction of sp³-hybridized carbons (Fsp3) is 0.633. The molecule has 0 aromatic heterocycles. The smallest absolute Gasteiger partial charge is 0.246 e. The van der Waals surface area contributed by atoms with Crippen LogP contribution in [-0.4, -0.2) is 155 Å². The fourth-order valence-electron chi connectivity index (χ4n) is 10.9. The van der Waals surface area contributed by atoms with Gasteiger partial charge in [0.15, 0.2) is 0 Å². The number of nitrogens with zero attached hydrogens (tertiary/aromatic N) is 2. The lowest BCUT2D eigenvalue weighted by Gasteiger charge is -2.33. The van der Waals surface area contributed by atoms with Gasteiger partial charge in [0.1, 0.15) is 60.4 Å². The number of fused-ring (bicyclic) bond motifs is 2. The van der Waals surface area contributed by atoms with Crippen molar-refractivity contribution in [3.63, 3.8) is 0 Å². The van der Waals surface area contributed by atoms with Crippen molar-refractivity contribution in [2.45, 2.75) is 193 Å². The van der Waals surface area contributed by atoms with Crippen molar-refractivity contribution in [1.82, 2.24) is 52.3 Å². The van der Waals surface area contributed by atoms with E-state index < -0.39 is 131 Å². The molecule has 0 radical (unpaired) electrons. The van der Waals surface area contributed by atoms with E-state index in [1.807, 2.05) is 39.8 Å². The monoisotopic (exact) mass is 1140 g/mol. The molecule has 2 aromatic carbocycles. The van der Waals surface area contributed by atoms with Crippen LogP contribution in [0.4, 0.5) is 0 Å². The van der Waals surface area contributed by atoms with Crippen LogP contribution < -0.4 is 54.0 Å². The summed E-state index contributed by atoms with van der Waals surface area (Å²) in [5.41, 5.74) is 13.3. The number of rotatable bonds is 16. The van der Waals surface area contributed by atoms with Gasteiger partial charge in [-0.25, -0.2) is 0 Å². The third kappa shape index (κ3) is 19.1. The summed E-state index contributed by atoms with van der Waals surface area (Å²) < 4.78 is 0. The van der Waals surface area contributed by atoms with Crippen LogP contribution in [0.1, 0.15) is 131 Å². The molecule has 0 saturated carbocycles. The predicted octanol–water partition coefficient (Wildman–Crippen LogP) is 1.23. The van der Waals surface area contributed by atoms with Gasteiger partial charge in [-0.1, -0.05) is 116 Å². The molecular formula is C60H92N12O10. The molecule has 0 unspecified atom stereocenters. The molecule has 3 aliphatic rings. The maximum Gasteiger partial charge on any atom is 0.246 e. The Balaban J connectivity index is 1.58. The Morgan fingerprint density at radius 2 is 0.732 bits per heavy atom. The SMILES string of the molecule is CC(C)C[C@@H]1NC(=O)[C@@H](CCCN)NC(=O)[C@H](C(C)C)NC(=O)[C@@H]2CCCN2C(=O)[C@@H](Cc2ccccc2)NC(=O)[C@H](CC(C)C)NC(=O)[C@@H](CCCN)NC(=O)[C@H](C(C)C)NC(=O)[C@@H]2CCCN2C(=O)[C@@H](Cc2ccccc2)NC1=O. The van der Waals surface area contributed by atoms with Crippen molar-refractivity contribution in [3.05, 3.63) is 71.8 Å². The molecule has 2 aromatic rings. The van der Waals surface area contributed by atoms with Gasteiger partial charge in [0.2, 0.25) is 59.1 Å². The van der Waals surface area contributed by atoms with Crippen molar-refractivity contribution in [2.24, 2.45) is 35.1 Å². The molecule has 10 amide bonds. The van der Waals surface area contributed by atoms with E-state index in [4.69, 9.17) is 11.5 Å². The number of nitrogens with one attached hydrogen (secondary N) is 8. The average Bonchev–Trinajstić information content (AvgIpc) is 4.16. The van der Waals surface area contributed by atoms with Gasteiger partial charge in [0.25, 0.3) is 0 Å². The lowest BCUT2D eigenvalue weighted by atomic mass is 9.99. The molecule has 0 spiro atoms. The summed E-state index contributed by atoms with van der Waals surface area (Å²) in [4.78, 5) is 149. The lowest BCUT2D eigenvalue weighted by molar-refractivity contribution is -0.143. The van der Waals surface area contributed by atoms with Crippen molar-refractivity contribution < 1.29 is 47.9 Å². The van der Waals surface area contributed by atoms with Crippen molar-refractivity contribution in [3.8, 4) is 0 Å². The third-order valence-electron chi connectivity index (χ3n) is 15.3. The van der Waals surface area contributed by atoms with E-state index in [1.54, 1.807) is 76.2 Å². The van der Waals surface area contributed by atoms with E-state index in [9.17, 15) is 47.9 Å². The van der Waals surface area contributed by atoms with Crippen LogP contribution in [0.15, 0.2) is 60.7 Å². The molecule has 22 nitrogen and oxygen atoms in total. The van der Waals surface area contributed by atoms with Crippen LogP contribution in [0.25, 0.3) is 0 Å². The van der Waals surface area contributed by atoms with E-state index in [0.29, 0.717) is 36.8 Å². The zero-order valence-electron chi connectivity index (χ0n) is 49.3. The number of amides is 10. The van der Waals surface area contributed by atoms with E-state index in [-0.39, 0.29) is 89.4 Å². The molecule has 3 heterocycles. The second kappa shape index (κ2) is 32.0. The van der Waals surface area contributed by atoms with Crippen LogP contribution >= 0.6 is 0 Å². The highest BCUT2D eigenvalue weighted by atomic mass is 16.2. The summed E-state index contributed by atoms with van der Waals surface area (Å²) >= 11 is 0. The largest absolute Gasteiger partial charge is 0.343 e. The molecule has 12 N–H and O–H groups in total. The highest BCUT2D eigenvalue weighted by Crippen LogP contribution is 2.24. The minimum atomic E-state index is -1.22. The Kier molecular flexibility index (Phi) is 25.7. The predicted molar refractivity (Wildman–Crippen MR) is 310 cm³/mol. The number of hydrogen-bond acceptors (Lipinski definition) is 12. The van der Waals surface area contributed by atoms with E-state index >= 15 is 0 Å². The van der Waals surface area contributed by atoms with Crippen molar-refractivity contribution >= 4 is 59.1 Å². The molecule has 82 heavy (non-hydrogen) atoms. The second-order valence-corrected chi connectivity index (χ2v) is 23.7. The van der Waals surface area contributed by atoms with Gasteiger partial charge < -0.3 is 63.8 Å². The first kappa shape index (κ1) is 65.9. The highest BCUT2D eigenvalue weighted by Gasteiger charge is 2.43. The van der Waals surface area contributed by atoms with Crippen LogP contribution in [0.2, 0.25) is 0 Å². The summed E-state index contributed by atoms with van der Waals surface area (Å²) in [5.74, 6) is -7.75. The van der Waals surface area contributed by atoms with Gasteiger partial charge >= 0.3 is 0 Å². The number of benzene rings is 2. The van der Waals surface area contributed by atoms with Crippen LogP contribution in [0.3, 0.4) is 0 Å². The number of carbonyl (C=O) groups is 10. The molecule has 5 rings (SSSR count).